The third-order valence-corrected chi connectivity index (χ3v) is 6.38. The molecule has 0 saturated heterocycles. The van der Waals surface area contributed by atoms with E-state index in [4.69, 9.17) is 21.9 Å². The predicted octanol–water partition coefficient (Wildman–Crippen LogP) is 3.55. The van der Waals surface area contributed by atoms with Crippen LogP contribution in [-0.2, 0) is 22.1 Å². The number of carbonyl (C=O) groups excluding carboxylic acids is 3. The van der Waals surface area contributed by atoms with Crippen LogP contribution >= 0.6 is 0 Å². The summed E-state index contributed by atoms with van der Waals surface area (Å²) in [5.41, 5.74) is 14.5. The molecule has 2 aliphatic carbocycles. The Balaban J connectivity index is 0.000000289. The first-order chi connectivity index (χ1) is 17.2. The zero-order chi connectivity index (χ0) is 27.5. The Hall–Kier alpha value is -3.41. The van der Waals surface area contributed by atoms with E-state index in [0.29, 0.717) is 0 Å². The Kier molecular flexibility index (Phi) is 8.31. The van der Waals surface area contributed by atoms with Gasteiger partial charge in [0.25, 0.3) is 5.91 Å². The molecule has 4 rings (SSSR count). The zero-order valence-electron chi connectivity index (χ0n) is 20.9. The molecule has 1 amide bonds. The highest BCUT2D eigenvalue weighted by molar-refractivity contribution is 6.00. The van der Waals surface area contributed by atoms with Crippen LogP contribution in [0.3, 0.4) is 0 Å². The number of esters is 1. The Bertz CT molecular complexity index is 1180. The number of nitrogen functional groups attached to an aromatic ring is 1. The third-order valence-electron chi connectivity index (χ3n) is 6.38. The SMILES string of the molecule is CC1(C)CC(=O)c2c(C(F)(F)F)nn(-c3ccc(C(N)=O)c(N)c3)c2C1.NCC(=O)OC1CCCCC1. The molecule has 0 radical (unpaired) electrons. The van der Waals surface area contributed by atoms with Crippen LogP contribution in [0.2, 0.25) is 0 Å². The molecule has 2 aromatic rings. The predicted molar refractivity (Wildman–Crippen MR) is 130 cm³/mol. The van der Waals surface area contributed by atoms with Crippen LogP contribution in [0.5, 0.6) is 0 Å². The molecule has 2 aliphatic rings. The average molecular weight is 524 g/mol. The van der Waals surface area contributed by atoms with E-state index >= 15 is 0 Å². The van der Waals surface area contributed by atoms with E-state index in [9.17, 15) is 27.6 Å². The summed E-state index contributed by atoms with van der Waals surface area (Å²) in [7, 11) is 0. The zero-order valence-corrected chi connectivity index (χ0v) is 20.9. The molecule has 0 atom stereocenters. The van der Waals surface area contributed by atoms with Crippen molar-refractivity contribution in [3.63, 3.8) is 0 Å². The van der Waals surface area contributed by atoms with Gasteiger partial charge in [0.2, 0.25) is 0 Å². The highest BCUT2D eigenvalue weighted by Gasteiger charge is 2.45. The van der Waals surface area contributed by atoms with E-state index < -0.39 is 34.5 Å². The molecular weight excluding hydrogens is 491 g/mol. The standard InChI is InChI=1S/C17H17F3N4O2.C8H15NO2/c1-16(2)6-11-13(12(25)7-16)14(17(18,19)20)23-24(11)8-3-4-9(15(22)26)10(21)5-8;9-6-8(10)11-7-4-2-1-3-5-7/h3-5H,6-7,21H2,1-2H3,(H2,22,26);7H,1-6,9H2. The fourth-order valence-corrected chi connectivity index (χ4v) is 4.68. The van der Waals surface area contributed by atoms with Crippen molar-refractivity contribution in [3.8, 4) is 5.69 Å². The maximum Gasteiger partial charge on any atom is 0.435 e. The molecule has 9 nitrogen and oxygen atoms in total. The number of carbonyl (C=O) groups is 3. The lowest BCUT2D eigenvalue weighted by molar-refractivity contribution is -0.148. The van der Waals surface area contributed by atoms with Crippen LogP contribution in [0, 0.1) is 5.41 Å². The molecule has 1 heterocycles. The van der Waals surface area contributed by atoms with Crippen molar-refractivity contribution < 1.29 is 32.3 Å². The highest BCUT2D eigenvalue weighted by atomic mass is 19.4. The minimum absolute atomic E-state index is 0.0104. The summed E-state index contributed by atoms with van der Waals surface area (Å²) in [4.78, 5) is 34.4. The number of fused-ring (bicyclic) bond motifs is 1. The second kappa shape index (κ2) is 10.9. The summed E-state index contributed by atoms with van der Waals surface area (Å²) >= 11 is 0. The lowest BCUT2D eigenvalue weighted by Crippen LogP contribution is -2.29. The van der Waals surface area contributed by atoms with Gasteiger partial charge < -0.3 is 21.9 Å². The maximum atomic E-state index is 13.4. The number of hydrogen-bond acceptors (Lipinski definition) is 7. The average Bonchev–Trinajstić information content (AvgIpc) is 3.19. The number of hydrogen-bond donors (Lipinski definition) is 3. The van der Waals surface area contributed by atoms with E-state index in [-0.39, 0.29) is 54.1 Å². The van der Waals surface area contributed by atoms with Crippen LogP contribution in [0.25, 0.3) is 5.69 Å². The van der Waals surface area contributed by atoms with Gasteiger partial charge in [-0.1, -0.05) is 20.3 Å². The molecule has 202 valence electrons. The third kappa shape index (κ3) is 6.68. The van der Waals surface area contributed by atoms with Gasteiger partial charge in [-0.2, -0.15) is 18.3 Å². The van der Waals surface area contributed by atoms with Crippen LogP contribution in [0.15, 0.2) is 18.2 Å². The number of alkyl halides is 3. The number of rotatable bonds is 4. The van der Waals surface area contributed by atoms with Gasteiger partial charge in [0.15, 0.2) is 11.5 Å². The molecule has 12 heteroatoms. The fourth-order valence-electron chi connectivity index (χ4n) is 4.68. The fraction of sp³-hybridized carbons (Fsp3) is 0.520. The Morgan fingerprint density at radius 3 is 2.35 bits per heavy atom. The van der Waals surface area contributed by atoms with Crippen molar-refractivity contribution in [2.75, 3.05) is 12.3 Å². The molecule has 0 unspecified atom stereocenters. The second-order valence-corrected chi connectivity index (χ2v) is 10.1. The van der Waals surface area contributed by atoms with Crippen molar-refractivity contribution in [1.82, 2.24) is 9.78 Å². The Labute approximate surface area is 212 Å². The number of halogens is 3. The van der Waals surface area contributed by atoms with Crippen molar-refractivity contribution >= 4 is 23.3 Å². The number of ketones is 1. The number of aromatic nitrogens is 2. The normalized spacial score (nSPS) is 17.4. The summed E-state index contributed by atoms with van der Waals surface area (Å²) in [6.07, 6.45) is 1.33. The van der Waals surface area contributed by atoms with Crippen molar-refractivity contribution in [2.24, 2.45) is 16.9 Å². The van der Waals surface area contributed by atoms with Crippen molar-refractivity contribution in [3.05, 3.63) is 40.7 Å². The number of ether oxygens (including phenoxy) is 1. The van der Waals surface area contributed by atoms with Gasteiger partial charge in [0.05, 0.1) is 29.1 Å². The first-order valence-electron chi connectivity index (χ1n) is 12.0. The van der Waals surface area contributed by atoms with Crippen LogP contribution in [0.1, 0.15) is 84.5 Å². The molecule has 1 aromatic heterocycles. The van der Waals surface area contributed by atoms with E-state index in [1.165, 1.54) is 37.5 Å². The van der Waals surface area contributed by atoms with Crippen LogP contribution < -0.4 is 17.2 Å². The molecule has 37 heavy (non-hydrogen) atoms. The van der Waals surface area contributed by atoms with Crippen molar-refractivity contribution in [1.29, 1.82) is 0 Å². The monoisotopic (exact) mass is 523 g/mol. The molecule has 0 bridgehead atoms. The molecule has 1 fully saturated rings. The summed E-state index contributed by atoms with van der Waals surface area (Å²) in [6.45, 7) is 3.63. The summed E-state index contributed by atoms with van der Waals surface area (Å²) in [5, 5.41) is 3.66. The topological polar surface area (TPSA) is 156 Å². The first kappa shape index (κ1) is 28.2. The largest absolute Gasteiger partial charge is 0.461 e. The van der Waals surface area contributed by atoms with Gasteiger partial charge in [-0.3, -0.25) is 14.4 Å². The molecular formula is C25H32F3N5O4. The number of amides is 1. The highest BCUT2D eigenvalue weighted by Crippen LogP contribution is 2.41. The van der Waals surface area contributed by atoms with Gasteiger partial charge in [0, 0.05) is 12.1 Å². The molecule has 1 aromatic carbocycles. The minimum atomic E-state index is -4.76. The summed E-state index contributed by atoms with van der Waals surface area (Å²) in [6, 6.07) is 4.04. The summed E-state index contributed by atoms with van der Waals surface area (Å²) < 4.78 is 46.4. The summed E-state index contributed by atoms with van der Waals surface area (Å²) in [5.74, 6) is -1.60. The second-order valence-electron chi connectivity index (χ2n) is 10.1. The quantitative estimate of drug-likeness (QED) is 0.409. The number of primary amides is 1. The number of anilines is 1. The first-order valence-corrected chi connectivity index (χ1v) is 12.0. The van der Waals surface area contributed by atoms with Gasteiger partial charge in [-0.05, 0) is 55.7 Å². The number of Topliss-reactive ketones (excluding diaryl/α,β-unsaturated/α-hetero) is 1. The van der Waals surface area contributed by atoms with E-state index in [1.54, 1.807) is 0 Å². The van der Waals surface area contributed by atoms with E-state index in [2.05, 4.69) is 5.10 Å². The van der Waals surface area contributed by atoms with E-state index in [0.717, 1.165) is 17.5 Å². The van der Waals surface area contributed by atoms with Gasteiger partial charge >= 0.3 is 12.1 Å². The van der Waals surface area contributed by atoms with Crippen LogP contribution in [0.4, 0.5) is 18.9 Å². The van der Waals surface area contributed by atoms with Crippen LogP contribution in [-0.4, -0.2) is 40.1 Å². The lowest BCUT2D eigenvalue weighted by Gasteiger charge is -2.29. The molecule has 6 N–H and O–H groups in total. The number of benzene rings is 1. The minimum Gasteiger partial charge on any atom is -0.461 e. The lowest BCUT2D eigenvalue weighted by atomic mass is 9.75. The maximum absolute atomic E-state index is 13.4. The van der Waals surface area contributed by atoms with Gasteiger partial charge in [0.1, 0.15) is 6.10 Å². The number of nitrogens with two attached hydrogens (primary N) is 3. The molecule has 0 aliphatic heterocycles. The Morgan fingerprint density at radius 1 is 1.16 bits per heavy atom. The number of nitrogens with zero attached hydrogens (tertiary/aromatic N) is 2. The molecule has 1 saturated carbocycles. The van der Waals surface area contributed by atoms with Crippen molar-refractivity contribution in [2.45, 2.75) is 71.1 Å². The van der Waals surface area contributed by atoms with E-state index in [1.807, 2.05) is 13.8 Å². The Morgan fingerprint density at radius 2 is 1.81 bits per heavy atom. The van der Waals surface area contributed by atoms with Gasteiger partial charge in [-0.15, -0.1) is 0 Å². The molecule has 0 spiro atoms. The van der Waals surface area contributed by atoms with Gasteiger partial charge in [-0.25, -0.2) is 4.68 Å². The smallest absolute Gasteiger partial charge is 0.435 e.